The second kappa shape index (κ2) is 9.67. The fourth-order valence-corrected chi connectivity index (χ4v) is 2.96. The number of benzene rings is 2. The van der Waals surface area contributed by atoms with Crippen molar-refractivity contribution in [3.8, 4) is 11.5 Å². The van der Waals surface area contributed by atoms with E-state index < -0.39 is 12.0 Å². The third kappa shape index (κ3) is 5.76. The molecule has 0 atom stereocenters. The molecular weight excluding hydrogens is 453 g/mol. The van der Waals surface area contributed by atoms with Crippen LogP contribution in [0.25, 0.3) is 0 Å². The van der Waals surface area contributed by atoms with Crippen LogP contribution in [0.3, 0.4) is 0 Å². The lowest BCUT2D eigenvalue weighted by molar-refractivity contribution is 0.0690. The fraction of sp³-hybridized carbons (Fsp3) is 0.0500. The van der Waals surface area contributed by atoms with Crippen molar-refractivity contribution >= 4 is 52.5 Å². The highest BCUT2D eigenvalue weighted by Gasteiger charge is 2.10. The Morgan fingerprint density at radius 1 is 0.933 bits per heavy atom. The van der Waals surface area contributed by atoms with E-state index in [9.17, 15) is 9.59 Å². The number of halogens is 3. The van der Waals surface area contributed by atoms with E-state index in [1.807, 2.05) is 0 Å². The number of aromatic carboxylic acids is 1. The van der Waals surface area contributed by atoms with Gasteiger partial charge in [-0.25, -0.2) is 14.6 Å². The van der Waals surface area contributed by atoms with E-state index in [1.54, 1.807) is 30.3 Å². The van der Waals surface area contributed by atoms with E-state index in [-0.39, 0.29) is 22.3 Å². The maximum Gasteiger partial charge on any atom is 0.354 e. The van der Waals surface area contributed by atoms with Crippen molar-refractivity contribution in [2.45, 2.75) is 6.54 Å². The molecule has 1 heterocycles. The van der Waals surface area contributed by atoms with Gasteiger partial charge in [0.1, 0.15) is 11.5 Å². The molecule has 7 nitrogen and oxygen atoms in total. The second-order valence-electron chi connectivity index (χ2n) is 5.98. The van der Waals surface area contributed by atoms with Crippen LogP contribution in [0, 0.1) is 0 Å². The normalized spacial score (nSPS) is 10.4. The van der Waals surface area contributed by atoms with E-state index in [4.69, 9.17) is 44.6 Å². The van der Waals surface area contributed by atoms with Gasteiger partial charge >= 0.3 is 12.0 Å². The Morgan fingerprint density at radius 3 is 2.33 bits per heavy atom. The first kappa shape index (κ1) is 21.7. The van der Waals surface area contributed by atoms with Crippen molar-refractivity contribution in [1.29, 1.82) is 0 Å². The first-order chi connectivity index (χ1) is 14.3. The Hall–Kier alpha value is -3.00. The van der Waals surface area contributed by atoms with Crippen LogP contribution >= 0.6 is 34.8 Å². The largest absolute Gasteiger partial charge is 0.477 e. The van der Waals surface area contributed by atoms with E-state index in [0.717, 1.165) is 5.56 Å². The minimum absolute atomic E-state index is 0.110. The maximum absolute atomic E-state index is 12.1. The fourth-order valence-electron chi connectivity index (χ4n) is 2.37. The molecular formula is C20H14Cl3N3O4. The summed E-state index contributed by atoms with van der Waals surface area (Å²) in [4.78, 5) is 26.8. The molecule has 0 aliphatic carbocycles. The molecule has 0 fully saturated rings. The second-order valence-corrected chi connectivity index (χ2v) is 7.20. The Labute approximate surface area is 186 Å². The Kier molecular flexibility index (Phi) is 6.99. The van der Waals surface area contributed by atoms with Gasteiger partial charge in [0.05, 0.1) is 20.8 Å². The lowest BCUT2D eigenvalue weighted by Crippen LogP contribution is -2.28. The van der Waals surface area contributed by atoms with Crippen LogP contribution in [0.1, 0.15) is 16.1 Å². The number of amides is 2. The molecule has 0 aliphatic rings. The number of rotatable bonds is 6. The molecule has 0 saturated heterocycles. The van der Waals surface area contributed by atoms with Crippen molar-refractivity contribution in [3.63, 3.8) is 0 Å². The molecule has 10 heteroatoms. The molecule has 3 aromatic rings. The average molecular weight is 467 g/mol. The Bertz CT molecular complexity index is 1090. The smallest absolute Gasteiger partial charge is 0.354 e. The number of urea groups is 1. The number of carboxylic acid groups (broad SMARTS) is 1. The molecule has 0 saturated carbocycles. The number of nitrogens with one attached hydrogen (secondary N) is 2. The molecule has 154 valence electrons. The zero-order valence-corrected chi connectivity index (χ0v) is 17.4. The molecule has 3 N–H and O–H groups in total. The molecule has 2 aromatic carbocycles. The number of carbonyl (C=O) groups is 2. The van der Waals surface area contributed by atoms with Gasteiger partial charge in [-0.3, -0.25) is 0 Å². The van der Waals surface area contributed by atoms with Gasteiger partial charge < -0.3 is 20.5 Å². The monoisotopic (exact) mass is 465 g/mol. The molecule has 3 rings (SSSR count). The standard InChI is InChI=1S/C20H14Cl3N3O4/c21-14-8-16(23)17(9-15(14)22)26-20(29)25-10-11-1-3-12(4-2-11)30-13-5-6-24-18(7-13)19(27)28/h1-9H,10H2,(H,27,28)(H2,25,26,29). The van der Waals surface area contributed by atoms with Crippen LogP contribution in [0.2, 0.25) is 15.1 Å². The zero-order valence-electron chi connectivity index (χ0n) is 15.2. The number of carbonyl (C=O) groups excluding carboxylic acids is 1. The third-order valence-electron chi connectivity index (χ3n) is 3.82. The topological polar surface area (TPSA) is 101 Å². The van der Waals surface area contributed by atoms with Gasteiger partial charge in [-0.1, -0.05) is 46.9 Å². The van der Waals surface area contributed by atoms with Crippen molar-refractivity contribution in [2.75, 3.05) is 5.32 Å². The summed E-state index contributed by atoms with van der Waals surface area (Å²) in [5.74, 6) is -0.276. The van der Waals surface area contributed by atoms with Gasteiger partial charge in [-0.05, 0) is 35.9 Å². The highest BCUT2D eigenvalue weighted by atomic mass is 35.5. The number of carboxylic acids is 1. The molecule has 30 heavy (non-hydrogen) atoms. The Balaban J connectivity index is 1.56. The summed E-state index contributed by atoms with van der Waals surface area (Å²) in [7, 11) is 0. The number of pyridine rings is 1. The minimum Gasteiger partial charge on any atom is -0.477 e. The number of anilines is 1. The molecule has 0 unspecified atom stereocenters. The molecule has 0 aliphatic heterocycles. The van der Waals surface area contributed by atoms with E-state index in [0.29, 0.717) is 22.2 Å². The minimum atomic E-state index is -1.14. The number of nitrogens with zero attached hydrogens (tertiary/aromatic N) is 1. The maximum atomic E-state index is 12.1. The molecule has 1 aromatic heterocycles. The zero-order chi connectivity index (χ0) is 21.7. The van der Waals surface area contributed by atoms with Gasteiger partial charge in [0, 0.05) is 18.8 Å². The van der Waals surface area contributed by atoms with Crippen molar-refractivity contribution < 1.29 is 19.4 Å². The van der Waals surface area contributed by atoms with Gasteiger partial charge in [-0.15, -0.1) is 0 Å². The summed E-state index contributed by atoms with van der Waals surface area (Å²) in [5.41, 5.74) is 1.05. The van der Waals surface area contributed by atoms with Crippen LogP contribution in [0.5, 0.6) is 11.5 Å². The van der Waals surface area contributed by atoms with Crippen LogP contribution in [-0.4, -0.2) is 22.1 Å². The van der Waals surface area contributed by atoms with Crippen LogP contribution in [-0.2, 0) is 6.54 Å². The van der Waals surface area contributed by atoms with Gasteiger partial charge in [0.25, 0.3) is 0 Å². The van der Waals surface area contributed by atoms with Gasteiger partial charge in [0.2, 0.25) is 0 Å². The van der Waals surface area contributed by atoms with Gasteiger partial charge in [0.15, 0.2) is 5.69 Å². The Morgan fingerprint density at radius 2 is 1.63 bits per heavy atom. The number of aromatic nitrogens is 1. The van der Waals surface area contributed by atoms with Crippen molar-refractivity contribution in [2.24, 2.45) is 0 Å². The van der Waals surface area contributed by atoms with Crippen molar-refractivity contribution in [3.05, 3.63) is 81.1 Å². The molecule has 2 amide bonds. The first-order valence-corrected chi connectivity index (χ1v) is 9.61. The van der Waals surface area contributed by atoms with Crippen LogP contribution < -0.4 is 15.4 Å². The first-order valence-electron chi connectivity index (χ1n) is 8.47. The number of ether oxygens (including phenoxy) is 1. The summed E-state index contributed by atoms with van der Waals surface area (Å²) in [6.07, 6.45) is 1.36. The predicted molar refractivity (Wildman–Crippen MR) is 115 cm³/mol. The predicted octanol–water partition coefficient (Wildman–Crippen LogP) is 5.85. The summed E-state index contributed by atoms with van der Waals surface area (Å²) >= 11 is 17.8. The summed E-state index contributed by atoms with van der Waals surface area (Å²) in [6.45, 7) is 0.253. The SMILES string of the molecule is O=C(NCc1ccc(Oc2ccnc(C(=O)O)c2)cc1)Nc1cc(Cl)c(Cl)cc1Cl. The highest BCUT2D eigenvalue weighted by Crippen LogP contribution is 2.32. The van der Waals surface area contributed by atoms with E-state index >= 15 is 0 Å². The summed E-state index contributed by atoms with van der Waals surface area (Å²) in [5, 5.41) is 15.1. The molecule has 0 radical (unpaired) electrons. The third-order valence-corrected chi connectivity index (χ3v) is 4.86. The van der Waals surface area contributed by atoms with E-state index in [2.05, 4.69) is 15.6 Å². The highest BCUT2D eigenvalue weighted by molar-refractivity contribution is 6.44. The molecule has 0 spiro atoms. The van der Waals surface area contributed by atoms with Crippen molar-refractivity contribution in [1.82, 2.24) is 10.3 Å². The van der Waals surface area contributed by atoms with Crippen LogP contribution in [0.4, 0.5) is 10.5 Å². The number of hydrogen-bond acceptors (Lipinski definition) is 4. The molecule has 0 bridgehead atoms. The summed E-state index contributed by atoms with van der Waals surface area (Å²) < 4.78 is 5.62. The van der Waals surface area contributed by atoms with Crippen LogP contribution in [0.15, 0.2) is 54.7 Å². The van der Waals surface area contributed by atoms with E-state index in [1.165, 1.54) is 24.4 Å². The lowest BCUT2D eigenvalue weighted by atomic mass is 10.2. The quantitative estimate of drug-likeness (QED) is 0.395. The average Bonchev–Trinajstić information content (AvgIpc) is 2.72. The lowest BCUT2D eigenvalue weighted by Gasteiger charge is -2.11. The van der Waals surface area contributed by atoms with Gasteiger partial charge in [-0.2, -0.15) is 0 Å². The summed E-state index contributed by atoms with van der Waals surface area (Å²) in [6, 6.07) is 12.3. The number of hydrogen-bond donors (Lipinski definition) is 3.